The number of Topliss-reactive ketones (excluding diaryl/α,β-unsaturated/α-hetero) is 1. The first-order valence-corrected chi connectivity index (χ1v) is 13.3. The molecule has 5 rings (SSSR count). The Labute approximate surface area is 231 Å². The Morgan fingerprint density at radius 3 is 2.67 bits per heavy atom. The van der Waals surface area contributed by atoms with Crippen LogP contribution in [-0.2, 0) is 49.3 Å². The van der Waals surface area contributed by atoms with Gasteiger partial charge in [-0.1, -0.05) is 0 Å². The van der Waals surface area contributed by atoms with Crippen molar-refractivity contribution < 1.29 is 57.4 Å². The lowest BCUT2D eigenvalue weighted by atomic mass is 9.86. The van der Waals surface area contributed by atoms with Gasteiger partial charge in [-0.25, -0.2) is 0 Å². The van der Waals surface area contributed by atoms with Gasteiger partial charge in [-0.2, -0.15) is 0 Å². The van der Waals surface area contributed by atoms with E-state index in [1.807, 2.05) is 12.1 Å². The summed E-state index contributed by atoms with van der Waals surface area (Å²) in [5.74, 6) is -0.667. The number of methoxy groups -OCH3 is 1. The number of aliphatic hydroxyl groups is 1. The fourth-order valence-electron chi connectivity index (χ4n) is 5.88. The van der Waals surface area contributed by atoms with Crippen molar-refractivity contribution in [2.75, 3.05) is 34.0 Å². The van der Waals surface area contributed by atoms with Gasteiger partial charge in [0.2, 0.25) is 12.9 Å². The molecule has 0 unspecified atom stereocenters. The van der Waals surface area contributed by atoms with Gasteiger partial charge in [-0.15, -0.1) is 0 Å². The van der Waals surface area contributed by atoms with E-state index in [4.69, 9.17) is 43.0 Å². The standard InChI is InChI=1S/C27H35NO12/c1-14-25(33-3)22(35-12-34-11-29)9-24(38-14)40-23-8-19(31)17-4-5-28(27(32)26(23)39-15(2)30)10-16-6-20-21(7-18(16)17)37-13-36-20/h6-7,14,17,22-26,29H,4-5,8-13H2,1-3H3/t14-,17+,22-,23-,24+,25-,26+/m1/s1. The average molecular weight is 566 g/mol. The first-order valence-electron chi connectivity index (χ1n) is 13.3. The average Bonchev–Trinajstić information content (AvgIpc) is 3.29. The number of hydrogen-bond donors (Lipinski definition) is 1. The van der Waals surface area contributed by atoms with Crippen LogP contribution in [0.3, 0.4) is 0 Å². The van der Waals surface area contributed by atoms with Crippen LogP contribution in [0.25, 0.3) is 0 Å². The Hall–Kier alpha value is -2.81. The lowest BCUT2D eigenvalue weighted by Gasteiger charge is -2.41. The third-order valence-corrected chi connectivity index (χ3v) is 7.71. The fraction of sp³-hybridized carbons (Fsp3) is 0.667. The molecule has 2 fully saturated rings. The number of ketones is 1. The second-order valence-corrected chi connectivity index (χ2v) is 10.2. The molecule has 7 atom stereocenters. The number of rotatable bonds is 8. The van der Waals surface area contributed by atoms with E-state index in [0.29, 0.717) is 24.5 Å². The van der Waals surface area contributed by atoms with Crippen molar-refractivity contribution in [2.45, 2.75) is 82.4 Å². The molecule has 4 aliphatic heterocycles. The predicted octanol–water partition coefficient (Wildman–Crippen LogP) is 0.980. The van der Waals surface area contributed by atoms with E-state index < -0.39 is 61.4 Å². The summed E-state index contributed by atoms with van der Waals surface area (Å²) in [5, 5.41) is 8.93. The third kappa shape index (κ3) is 5.94. The SMILES string of the molecule is CO[C@@H]1[C@@H](C)O[C@@H](O[C@@H]2CC(=O)[C@H]3CCN(Cc4cc5c(cc43)OCO5)C(=O)[C@H]2OC(C)=O)C[C@H]1OCOCO. The Balaban J connectivity index is 1.43. The van der Waals surface area contributed by atoms with Crippen LogP contribution in [-0.4, -0.2) is 98.5 Å². The molecule has 4 heterocycles. The van der Waals surface area contributed by atoms with Crippen molar-refractivity contribution in [3.05, 3.63) is 23.3 Å². The topological polar surface area (TPSA) is 149 Å². The van der Waals surface area contributed by atoms with Gasteiger partial charge in [0.1, 0.15) is 31.6 Å². The third-order valence-electron chi connectivity index (χ3n) is 7.71. The number of hydrogen-bond acceptors (Lipinski definition) is 12. The number of amides is 1. The molecule has 1 amide bonds. The van der Waals surface area contributed by atoms with Crippen LogP contribution in [0.1, 0.15) is 50.2 Å². The molecule has 1 aromatic rings. The van der Waals surface area contributed by atoms with E-state index in [2.05, 4.69) is 0 Å². The zero-order valence-corrected chi connectivity index (χ0v) is 22.7. The zero-order chi connectivity index (χ0) is 28.4. The maximum Gasteiger partial charge on any atom is 0.303 e. The van der Waals surface area contributed by atoms with Crippen LogP contribution < -0.4 is 9.47 Å². The Bertz CT molecular complexity index is 1110. The fourth-order valence-corrected chi connectivity index (χ4v) is 5.88. The Morgan fingerprint density at radius 1 is 1.18 bits per heavy atom. The summed E-state index contributed by atoms with van der Waals surface area (Å²) < 4.78 is 45.1. The highest BCUT2D eigenvalue weighted by molar-refractivity contribution is 5.91. The second kappa shape index (κ2) is 12.4. The molecule has 2 bridgehead atoms. The molecule has 1 aromatic carbocycles. The molecule has 13 heteroatoms. The zero-order valence-electron chi connectivity index (χ0n) is 22.7. The molecule has 0 saturated carbocycles. The van der Waals surface area contributed by atoms with Gasteiger partial charge >= 0.3 is 5.97 Å². The van der Waals surface area contributed by atoms with Crippen molar-refractivity contribution in [2.24, 2.45) is 0 Å². The van der Waals surface area contributed by atoms with Crippen LogP contribution in [0, 0.1) is 0 Å². The quantitative estimate of drug-likeness (QED) is 0.272. The van der Waals surface area contributed by atoms with E-state index in [-0.39, 0.29) is 38.8 Å². The van der Waals surface area contributed by atoms with Gasteiger partial charge in [0, 0.05) is 45.9 Å². The maximum absolute atomic E-state index is 13.9. The van der Waals surface area contributed by atoms with Crippen molar-refractivity contribution in [3.8, 4) is 11.5 Å². The van der Waals surface area contributed by atoms with E-state index in [9.17, 15) is 14.4 Å². The number of carbonyl (C=O) groups is 3. The van der Waals surface area contributed by atoms with Crippen LogP contribution in [0.2, 0.25) is 0 Å². The summed E-state index contributed by atoms with van der Waals surface area (Å²) in [7, 11) is 1.53. The smallest absolute Gasteiger partial charge is 0.303 e. The molecule has 0 spiro atoms. The molecule has 1 N–H and O–H groups in total. The number of ether oxygens (including phenoxy) is 8. The molecule has 0 radical (unpaired) electrons. The van der Waals surface area contributed by atoms with Crippen LogP contribution in [0.15, 0.2) is 12.1 Å². The van der Waals surface area contributed by atoms with Crippen molar-refractivity contribution in [1.29, 1.82) is 0 Å². The summed E-state index contributed by atoms with van der Waals surface area (Å²) >= 11 is 0. The van der Waals surface area contributed by atoms with E-state index in [1.54, 1.807) is 11.8 Å². The first-order chi connectivity index (χ1) is 19.3. The van der Waals surface area contributed by atoms with Crippen molar-refractivity contribution >= 4 is 17.7 Å². The molecule has 220 valence electrons. The molecular formula is C27H35NO12. The van der Waals surface area contributed by atoms with Crippen LogP contribution >= 0.6 is 0 Å². The molecule has 40 heavy (non-hydrogen) atoms. The molecule has 0 aliphatic carbocycles. The Kier molecular flexibility index (Phi) is 8.88. The summed E-state index contributed by atoms with van der Waals surface area (Å²) in [6, 6.07) is 3.63. The second-order valence-electron chi connectivity index (χ2n) is 10.2. The minimum absolute atomic E-state index is 0.0878. The number of benzene rings is 1. The van der Waals surface area contributed by atoms with Gasteiger partial charge in [0.25, 0.3) is 5.91 Å². The number of aliphatic hydroxyl groups excluding tert-OH is 1. The molecule has 4 aliphatic rings. The Morgan fingerprint density at radius 2 is 1.95 bits per heavy atom. The maximum atomic E-state index is 13.9. The molecule has 13 nitrogen and oxygen atoms in total. The van der Waals surface area contributed by atoms with Gasteiger partial charge in [-0.05, 0) is 36.6 Å². The molecular weight excluding hydrogens is 530 g/mol. The summed E-state index contributed by atoms with van der Waals surface area (Å²) in [5.41, 5.74) is 1.58. The highest BCUT2D eigenvalue weighted by Crippen LogP contribution is 2.42. The molecule has 2 saturated heterocycles. The number of fused-ring (bicyclic) bond motifs is 6. The number of carbonyl (C=O) groups excluding carboxylic acids is 3. The van der Waals surface area contributed by atoms with Crippen molar-refractivity contribution in [3.63, 3.8) is 0 Å². The van der Waals surface area contributed by atoms with Crippen LogP contribution in [0.4, 0.5) is 0 Å². The van der Waals surface area contributed by atoms with Gasteiger partial charge < -0.3 is 47.9 Å². The lowest BCUT2D eigenvalue weighted by molar-refractivity contribution is -0.286. The summed E-state index contributed by atoms with van der Waals surface area (Å²) in [6.45, 7) is 2.92. The van der Waals surface area contributed by atoms with Gasteiger partial charge in [-0.3, -0.25) is 14.4 Å². The van der Waals surface area contributed by atoms with E-state index in [0.717, 1.165) is 11.1 Å². The van der Waals surface area contributed by atoms with Gasteiger partial charge in [0.15, 0.2) is 17.8 Å². The minimum Gasteiger partial charge on any atom is -0.454 e. The normalized spacial score (nSPS) is 31.7. The monoisotopic (exact) mass is 565 g/mol. The molecule has 0 aromatic heterocycles. The summed E-state index contributed by atoms with van der Waals surface area (Å²) in [6.07, 6.45) is -4.41. The van der Waals surface area contributed by atoms with E-state index >= 15 is 0 Å². The van der Waals surface area contributed by atoms with Gasteiger partial charge in [0.05, 0.1) is 12.2 Å². The van der Waals surface area contributed by atoms with E-state index in [1.165, 1.54) is 14.0 Å². The number of nitrogens with zero attached hydrogens (tertiary/aromatic N) is 1. The predicted molar refractivity (Wildman–Crippen MR) is 133 cm³/mol. The first kappa shape index (κ1) is 28.7. The minimum atomic E-state index is -1.35. The largest absolute Gasteiger partial charge is 0.454 e. The van der Waals surface area contributed by atoms with Crippen molar-refractivity contribution in [1.82, 2.24) is 4.90 Å². The lowest BCUT2D eigenvalue weighted by Crippen LogP contribution is -2.53. The highest BCUT2D eigenvalue weighted by atomic mass is 16.7. The van der Waals surface area contributed by atoms with Crippen LogP contribution in [0.5, 0.6) is 11.5 Å². The highest BCUT2D eigenvalue weighted by Gasteiger charge is 2.46. The number of esters is 1. The summed E-state index contributed by atoms with van der Waals surface area (Å²) in [4.78, 5) is 41.4.